The number of halogens is 1. The molecule has 0 fully saturated rings. The molecule has 4 rings (SSSR count). The molecule has 1 aromatic heterocycles. The lowest BCUT2D eigenvalue weighted by molar-refractivity contribution is -0.116. The molecule has 1 aliphatic rings. The molecule has 0 saturated heterocycles. The molecule has 0 spiro atoms. The summed E-state index contributed by atoms with van der Waals surface area (Å²) in [6, 6.07) is 15.4. The SMILES string of the molecule is COc1cc(C2CC(=O)Nc3ccsc32)ccc1OCc1ccccc1Cl. The molecule has 3 aromatic rings. The molecule has 0 saturated carbocycles. The Balaban J connectivity index is 1.59. The first-order valence-corrected chi connectivity index (χ1v) is 9.83. The fraction of sp³-hybridized carbons (Fsp3) is 0.190. The van der Waals surface area contributed by atoms with Gasteiger partial charge in [0.25, 0.3) is 0 Å². The fourth-order valence-corrected chi connectivity index (χ4v) is 4.40. The predicted octanol–water partition coefficient (Wildman–Crippen LogP) is 5.46. The molecular weight excluding hydrogens is 382 g/mol. The Morgan fingerprint density at radius 2 is 2.04 bits per heavy atom. The van der Waals surface area contributed by atoms with Gasteiger partial charge in [0.2, 0.25) is 5.91 Å². The zero-order valence-corrected chi connectivity index (χ0v) is 16.3. The number of fused-ring (bicyclic) bond motifs is 1. The van der Waals surface area contributed by atoms with Crippen molar-refractivity contribution in [1.29, 1.82) is 0 Å². The first-order valence-electron chi connectivity index (χ1n) is 8.57. The fourth-order valence-electron chi connectivity index (χ4n) is 3.23. The average molecular weight is 400 g/mol. The number of hydrogen-bond acceptors (Lipinski definition) is 4. The maximum Gasteiger partial charge on any atom is 0.225 e. The molecule has 1 N–H and O–H groups in total. The number of benzene rings is 2. The number of nitrogens with one attached hydrogen (secondary N) is 1. The van der Waals surface area contributed by atoms with Crippen molar-refractivity contribution in [3.8, 4) is 11.5 Å². The normalized spacial score (nSPS) is 15.8. The highest BCUT2D eigenvalue weighted by Crippen LogP contribution is 2.42. The second-order valence-electron chi connectivity index (χ2n) is 6.29. The number of anilines is 1. The van der Waals surface area contributed by atoms with E-state index in [-0.39, 0.29) is 11.8 Å². The van der Waals surface area contributed by atoms with Gasteiger partial charge in [0, 0.05) is 27.8 Å². The largest absolute Gasteiger partial charge is 0.493 e. The summed E-state index contributed by atoms with van der Waals surface area (Å²) in [6.45, 7) is 0.357. The molecule has 2 heterocycles. The van der Waals surface area contributed by atoms with Gasteiger partial charge < -0.3 is 14.8 Å². The second-order valence-corrected chi connectivity index (χ2v) is 7.65. The third kappa shape index (κ3) is 3.66. The number of rotatable bonds is 5. The summed E-state index contributed by atoms with van der Waals surface area (Å²) < 4.78 is 11.5. The van der Waals surface area contributed by atoms with Gasteiger partial charge in [-0.15, -0.1) is 11.3 Å². The van der Waals surface area contributed by atoms with Gasteiger partial charge in [-0.25, -0.2) is 0 Å². The maximum absolute atomic E-state index is 12.0. The molecule has 0 aliphatic carbocycles. The molecule has 0 radical (unpaired) electrons. The summed E-state index contributed by atoms with van der Waals surface area (Å²) >= 11 is 7.85. The first kappa shape index (κ1) is 17.9. The van der Waals surface area contributed by atoms with Gasteiger partial charge in [-0.3, -0.25) is 4.79 Å². The summed E-state index contributed by atoms with van der Waals surface area (Å²) in [5.41, 5.74) is 2.85. The number of carbonyl (C=O) groups excluding carboxylic acids is 1. The molecule has 1 aliphatic heterocycles. The van der Waals surface area contributed by atoms with E-state index in [0.29, 0.717) is 29.5 Å². The quantitative estimate of drug-likeness (QED) is 0.619. The van der Waals surface area contributed by atoms with Crippen molar-refractivity contribution in [3.05, 3.63) is 74.9 Å². The van der Waals surface area contributed by atoms with E-state index < -0.39 is 0 Å². The highest BCUT2D eigenvalue weighted by Gasteiger charge is 2.28. The Kier molecular flexibility index (Phi) is 5.05. The van der Waals surface area contributed by atoms with Gasteiger partial charge in [-0.1, -0.05) is 35.9 Å². The van der Waals surface area contributed by atoms with Crippen molar-refractivity contribution in [2.75, 3.05) is 12.4 Å². The van der Waals surface area contributed by atoms with E-state index in [1.165, 1.54) is 4.88 Å². The van der Waals surface area contributed by atoms with Crippen molar-refractivity contribution in [1.82, 2.24) is 0 Å². The molecule has 2 aromatic carbocycles. The Morgan fingerprint density at radius 3 is 2.85 bits per heavy atom. The molecule has 0 bridgehead atoms. The van der Waals surface area contributed by atoms with E-state index in [0.717, 1.165) is 16.8 Å². The third-order valence-corrected chi connectivity index (χ3v) is 6.01. The monoisotopic (exact) mass is 399 g/mol. The summed E-state index contributed by atoms with van der Waals surface area (Å²) in [6.07, 6.45) is 0.427. The van der Waals surface area contributed by atoms with E-state index in [9.17, 15) is 4.79 Å². The van der Waals surface area contributed by atoms with E-state index in [4.69, 9.17) is 21.1 Å². The number of thiophene rings is 1. The van der Waals surface area contributed by atoms with Crippen LogP contribution >= 0.6 is 22.9 Å². The summed E-state index contributed by atoms with van der Waals surface area (Å²) in [7, 11) is 1.62. The third-order valence-electron chi connectivity index (χ3n) is 4.61. The van der Waals surface area contributed by atoms with Crippen LogP contribution in [0.4, 0.5) is 5.69 Å². The van der Waals surface area contributed by atoms with Gasteiger partial charge in [0.1, 0.15) is 6.61 Å². The van der Waals surface area contributed by atoms with Crippen LogP contribution in [0.3, 0.4) is 0 Å². The number of methoxy groups -OCH3 is 1. The lowest BCUT2D eigenvalue weighted by Crippen LogP contribution is -2.21. The highest BCUT2D eigenvalue weighted by molar-refractivity contribution is 7.10. The molecule has 27 heavy (non-hydrogen) atoms. The Bertz CT molecular complexity index is 985. The minimum atomic E-state index is 0.0280. The van der Waals surface area contributed by atoms with Crippen LogP contribution in [0.25, 0.3) is 0 Å². The predicted molar refractivity (Wildman–Crippen MR) is 108 cm³/mol. The van der Waals surface area contributed by atoms with Gasteiger partial charge >= 0.3 is 0 Å². The molecule has 1 unspecified atom stereocenters. The van der Waals surface area contributed by atoms with E-state index in [2.05, 4.69) is 5.32 Å². The Hall–Kier alpha value is -2.50. The molecule has 1 amide bonds. The van der Waals surface area contributed by atoms with Crippen molar-refractivity contribution in [3.63, 3.8) is 0 Å². The smallest absolute Gasteiger partial charge is 0.225 e. The molecule has 1 atom stereocenters. The van der Waals surface area contributed by atoms with Crippen LogP contribution < -0.4 is 14.8 Å². The lowest BCUT2D eigenvalue weighted by atomic mass is 9.90. The van der Waals surface area contributed by atoms with E-state index >= 15 is 0 Å². The topological polar surface area (TPSA) is 47.6 Å². The van der Waals surface area contributed by atoms with Crippen LogP contribution in [-0.4, -0.2) is 13.0 Å². The number of hydrogen-bond donors (Lipinski definition) is 1. The highest BCUT2D eigenvalue weighted by atomic mass is 35.5. The van der Waals surface area contributed by atoms with Crippen molar-refractivity contribution in [2.24, 2.45) is 0 Å². The average Bonchev–Trinajstić information content (AvgIpc) is 3.15. The molecule has 6 heteroatoms. The van der Waals surface area contributed by atoms with E-state index in [1.54, 1.807) is 18.4 Å². The molecule has 138 valence electrons. The lowest BCUT2D eigenvalue weighted by Gasteiger charge is -2.23. The zero-order chi connectivity index (χ0) is 18.8. The summed E-state index contributed by atoms with van der Waals surface area (Å²) in [4.78, 5) is 13.2. The first-order chi connectivity index (χ1) is 13.2. The Labute approximate surface area is 166 Å². The van der Waals surface area contributed by atoms with Gasteiger partial charge in [0.15, 0.2) is 11.5 Å². The van der Waals surface area contributed by atoms with Crippen LogP contribution in [-0.2, 0) is 11.4 Å². The zero-order valence-electron chi connectivity index (χ0n) is 14.7. The molecular formula is C21H18ClNO3S. The van der Waals surface area contributed by atoms with Crippen LogP contribution in [0.5, 0.6) is 11.5 Å². The minimum absolute atomic E-state index is 0.0280. The van der Waals surface area contributed by atoms with E-state index in [1.807, 2.05) is 53.9 Å². The number of amides is 1. The number of carbonyl (C=O) groups is 1. The van der Waals surface area contributed by atoms with Crippen LogP contribution in [0.2, 0.25) is 5.02 Å². The van der Waals surface area contributed by atoms with Crippen LogP contribution in [0.15, 0.2) is 53.9 Å². The van der Waals surface area contributed by atoms with Crippen LogP contribution in [0, 0.1) is 0 Å². The van der Waals surface area contributed by atoms with Gasteiger partial charge in [-0.05, 0) is 35.2 Å². The molecule has 4 nitrogen and oxygen atoms in total. The Morgan fingerprint density at radius 1 is 1.19 bits per heavy atom. The van der Waals surface area contributed by atoms with Gasteiger partial charge in [-0.2, -0.15) is 0 Å². The maximum atomic E-state index is 12.0. The minimum Gasteiger partial charge on any atom is -0.493 e. The van der Waals surface area contributed by atoms with Crippen molar-refractivity contribution >= 4 is 34.5 Å². The standard InChI is InChI=1S/C21H18ClNO3S/c1-25-19-10-13(15-11-20(24)23-17-8-9-27-21(15)17)6-7-18(19)26-12-14-4-2-3-5-16(14)22/h2-10,15H,11-12H2,1H3,(H,23,24). The summed E-state index contributed by atoms with van der Waals surface area (Å²) in [5, 5.41) is 5.60. The number of ether oxygens (including phenoxy) is 2. The second kappa shape index (κ2) is 7.62. The van der Waals surface area contributed by atoms with Crippen LogP contribution in [0.1, 0.15) is 28.3 Å². The van der Waals surface area contributed by atoms with Crippen molar-refractivity contribution < 1.29 is 14.3 Å². The van der Waals surface area contributed by atoms with Crippen molar-refractivity contribution in [2.45, 2.75) is 18.9 Å². The van der Waals surface area contributed by atoms with Gasteiger partial charge in [0.05, 0.1) is 12.8 Å². The summed E-state index contributed by atoms with van der Waals surface area (Å²) in [5.74, 6) is 1.35.